The lowest BCUT2D eigenvalue weighted by Gasteiger charge is -2.20. The minimum Gasteiger partial charge on any atom is -0.462 e. The number of carbonyl (C=O) groups is 1. The maximum Gasteiger partial charge on any atom is 0.338 e. The molecule has 1 aromatic carbocycles. The smallest absolute Gasteiger partial charge is 0.338 e. The molecule has 1 heterocycles. The number of esters is 1. The fraction of sp³-hybridized carbons (Fsp3) is 0.562. The van der Waals surface area contributed by atoms with Crippen molar-refractivity contribution in [1.29, 1.82) is 0 Å². The maximum atomic E-state index is 12.1. The van der Waals surface area contributed by atoms with Crippen LogP contribution in [0.3, 0.4) is 0 Å². The van der Waals surface area contributed by atoms with Crippen molar-refractivity contribution in [3.8, 4) is 0 Å². The fourth-order valence-corrected chi connectivity index (χ4v) is 2.47. The lowest BCUT2D eigenvalue weighted by Crippen LogP contribution is -2.17. The van der Waals surface area contributed by atoms with Gasteiger partial charge in [0.1, 0.15) is 0 Å². The van der Waals surface area contributed by atoms with Gasteiger partial charge >= 0.3 is 5.97 Å². The molecule has 1 aliphatic heterocycles. The van der Waals surface area contributed by atoms with Gasteiger partial charge in [0.2, 0.25) is 0 Å². The number of carbonyl (C=O) groups excluding carboxylic acids is 1. The molecular weight excluding hydrogens is 238 g/mol. The van der Waals surface area contributed by atoms with Crippen LogP contribution in [0, 0.1) is 0 Å². The molecule has 0 saturated carbocycles. The molecule has 1 aliphatic rings. The van der Waals surface area contributed by atoms with Crippen molar-refractivity contribution >= 4 is 11.7 Å². The zero-order chi connectivity index (χ0) is 13.5. The second kappa shape index (κ2) is 7.17. The van der Waals surface area contributed by atoms with Crippen molar-refractivity contribution in [2.45, 2.75) is 45.4 Å². The van der Waals surface area contributed by atoms with Gasteiger partial charge in [-0.15, -0.1) is 0 Å². The van der Waals surface area contributed by atoms with Crippen LogP contribution >= 0.6 is 0 Å². The minimum atomic E-state index is -0.169. The van der Waals surface area contributed by atoms with Crippen LogP contribution in [-0.2, 0) is 11.2 Å². The van der Waals surface area contributed by atoms with Crippen LogP contribution in [0.4, 0.5) is 5.69 Å². The zero-order valence-corrected chi connectivity index (χ0v) is 11.7. The predicted octanol–water partition coefficient (Wildman–Crippen LogP) is 3.78. The summed E-state index contributed by atoms with van der Waals surface area (Å²) >= 11 is 0. The molecule has 1 aromatic rings. The highest BCUT2D eigenvalue weighted by Gasteiger charge is 2.17. The Morgan fingerprint density at radius 3 is 3.05 bits per heavy atom. The van der Waals surface area contributed by atoms with E-state index in [4.69, 9.17) is 4.74 Å². The molecular formula is C16H23NO2. The summed E-state index contributed by atoms with van der Waals surface area (Å²) in [6.45, 7) is 3.70. The highest BCUT2D eigenvalue weighted by atomic mass is 16.5. The molecule has 0 radical (unpaired) electrons. The number of hydrogen-bond acceptors (Lipinski definition) is 3. The topological polar surface area (TPSA) is 38.3 Å². The quantitative estimate of drug-likeness (QED) is 0.625. The van der Waals surface area contributed by atoms with Crippen molar-refractivity contribution in [1.82, 2.24) is 0 Å². The lowest BCUT2D eigenvalue weighted by atomic mass is 9.98. The van der Waals surface area contributed by atoms with Crippen molar-refractivity contribution < 1.29 is 9.53 Å². The van der Waals surface area contributed by atoms with E-state index in [1.807, 2.05) is 18.2 Å². The summed E-state index contributed by atoms with van der Waals surface area (Å²) in [5, 5.41) is 3.33. The third kappa shape index (κ3) is 3.72. The number of benzene rings is 1. The Labute approximate surface area is 115 Å². The molecule has 0 aliphatic carbocycles. The average Bonchev–Trinajstić information content (AvgIpc) is 2.46. The number of nitrogens with one attached hydrogen (secondary N) is 1. The Morgan fingerprint density at radius 2 is 2.21 bits per heavy atom. The molecule has 0 unspecified atom stereocenters. The number of ether oxygens (including phenoxy) is 1. The third-order valence-electron chi connectivity index (χ3n) is 3.55. The summed E-state index contributed by atoms with van der Waals surface area (Å²) in [6, 6.07) is 5.83. The molecule has 3 heteroatoms. The first kappa shape index (κ1) is 13.9. The van der Waals surface area contributed by atoms with Crippen molar-refractivity contribution in [2.75, 3.05) is 18.5 Å². The molecule has 0 bridgehead atoms. The Balaban J connectivity index is 1.92. The van der Waals surface area contributed by atoms with Crippen LogP contribution in [0.5, 0.6) is 0 Å². The summed E-state index contributed by atoms with van der Waals surface area (Å²) < 4.78 is 5.37. The molecule has 2 rings (SSSR count). The molecule has 0 atom stereocenters. The van der Waals surface area contributed by atoms with Crippen LogP contribution in [0.25, 0.3) is 0 Å². The van der Waals surface area contributed by atoms with Crippen LogP contribution < -0.4 is 5.32 Å². The Morgan fingerprint density at radius 1 is 1.32 bits per heavy atom. The standard InChI is InChI=1S/C16H23NO2/c1-2-3-4-5-12-19-16(18)14-8-6-10-15-13(14)9-7-11-17-15/h6,8,10,17H,2-5,7,9,11-12H2,1H3. The zero-order valence-electron chi connectivity index (χ0n) is 11.7. The fourth-order valence-electron chi connectivity index (χ4n) is 2.47. The van der Waals surface area contributed by atoms with Gasteiger partial charge in [-0.25, -0.2) is 4.79 Å². The van der Waals surface area contributed by atoms with Crippen molar-refractivity contribution in [3.63, 3.8) is 0 Å². The molecule has 104 valence electrons. The van der Waals surface area contributed by atoms with E-state index < -0.39 is 0 Å². The normalized spacial score (nSPS) is 13.5. The van der Waals surface area contributed by atoms with Gasteiger partial charge in [-0.1, -0.05) is 32.3 Å². The summed E-state index contributed by atoms with van der Waals surface area (Å²) in [5.41, 5.74) is 2.94. The molecule has 1 N–H and O–H groups in total. The van der Waals surface area contributed by atoms with E-state index in [0.29, 0.717) is 6.61 Å². The van der Waals surface area contributed by atoms with E-state index in [1.165, 1.54) is 12.8 Å². The van der Waals surface area contributed by atoms with Gasteiger partial charge in [0.15, 0.2) is 0 Å². The molecule has 3 nitrogen and oxygen atoms in total. The van der Waals surface area contributed by atoms with E-state index in [2.05, 4.69) is 12.2 Å². The van der Waals surface area contributed by atoms with Crippen LogP contribution in [0.1, 0.15) is 54.9 Å². The monoisotopic (exact) mass is 261 g/mol. The van der Waals surface area contributed by atoms with Gasteiger partial charge in [-0.2, -0.15) is 0 Å². The van der Waals surface area contributed by atoms with Crippen molar-refractivity contribution in [2.24, 2.45) is 0 Å². The highest BCUT2D eigenvalue weighted by molar-refractivity contribution is 5.93. The average molecular weight is 261 g/mol. The first-order valence-corrected chi connectivity index (χ1v) is 7.36. The Hall–Kier alpha value is -1.51. The van der Waals surface area contributed by atoms with Crippen LogP contribution in [0.15, 0.2) is 18.2 Å². The van der Waals surface area contributed by atoms with Gasteiger partial charge in [0.05, 0.1) is 12.2 Å². The van der Waals surface area contributed by atoms with Gasteiger partial charge in [0, 0.05) is 12.2 Å². The van der Waals surface area contributed by atoms with Gasteiger partial charge in [-0.05, 0) is 37.0 Å². The molecule has 0 amide bonds. The van der Waals surface area contributed by atoms with E-state index in [1.54, 1.807) is 0 Å². The molecule has 19 heavy (non-hydrogen) atoms. The predicted molar refractivity (Wildman–Crippen MR) is 77.7 cm³/mol. The number of unbranched alkanes of at least 4 members (excludes halogenated alkanes) is 3. The second-order valence-electron chi connectivity index (χ2n) is 5.06. The second-order valence-corrected chi connectivity index (χ2v) is 5.06. The summed E-state index contributed by atoms with van der Waals surface area (Å²) in [5.74, 6) is -0.169. The molecule has 0 saturated heterocycles. The number of rotatable bonds is 6. The van der Waals surface area contributed by atoms with E-state index in [0.717, 1.165) is 49.0 Å². The number of fused-ring (bicyclic) bond motifs is 1. The summed E-state index contributed by atoms with van der Waals surface area (Å²) in [7, 11) is 0. The summed E-state index contributed by atoms with van der Waals surface area (Å²) in [4.78, 5) is 12.1. The largest absolute Gasteiger partial charge is 0.462 e. The molecule has 0 spiro atoms. The number of anilines is 1. The van der Waals surface area contributed by atoms with Crippen molar-refractivity contribution in [3.05, 3.63) is 29.3 Å². The maximum absolute atomic E-state index is 12.1. The Bertz CT molecular complexity index is 429. The lowest BCUT2D eigenvalue weighted by molar-refractivity contribution is 0.0496. The third-order valence-corrected chi connectivity index (χ3v) is 3.55. The molecule has 0 fully saturated rings. The molecule has 0 aromatic heterocycles. The highest BCUT2D eigenvalue weighted by Crippen LogP contribution is 2.25. The van der Waals surface area contributed by atoms with Gasteiger partial charge in [-0.3, -0.25) is 0 Å². The van der Waals surface area contributed by atoms with Gasteiger partial charge < -0.3 is 10.1 Å². The van der Waals surface area contributed by atoms with Crippen LogP contribution in [-0.4, -0.2) is 19.1 Å². The van der Waals surface area contributed by atoms with E-state index in [9.17, 15) is 4.79 Å². The van der Waals surface area contributed by atoms with Crippen LogP contribution in [0.2, 0.25) is 0 Å². The van der Waals surface area contributed by atoms with E-state index in [-0.39, 0.29) is 5.97 Å². The summed E-state index contributed by atoms with van der Waals surface area (Å²) in [6.07, 6.45) is 6.55. The van der Waals surface area contributed by atoms with Gasteiger partial charge in [0.25, 0.3) is 0 Å². The first-order chi connectivity index (χ1) is 9.33. The van der Waals surface area contributed by atoms with E-state index >= 15 is 0 Å². The minimum absolute atomic E-state index is 0.169. The number of hydrogen-bond donors (Lipinski definition) is 1. The first-order valence-electron chi connectivity index (χ1n) is 7.36. The Kier molecular flexibility index (Phi) is 5.25. The SMILES string of the molecule is CCCCCCOC(=O)c1cccc2c1CCCN2.